The SMILES string of the molecule is CC(C)CC(=O)N1CCC(Cc2ccccc2-c2ccccc2)(C(=O)N(C)C)CC1. The summed E-state index contributed by atoms with van der Waals surface area (Å²) >= 11 is 0. The van der Waals surface area contributed by atoms with Crippen molar-refractivity contribution in [1.29, 1.82) is 0 Å². The zero-order valence-corrected chi connectivity index (χ0v) is 18.7. The van der Waals surface area contributed by atoms with Gasteiger partial charge in [-0.25, -0.2) is 0 Å². The summed E-state index contributed by atoms with van der Waals surface area (Å²) < 4.78 is 0. The number of nitrogens with zero attached hydrogens (tertiary/aromatic N) is 2. The summed E-state index contributed by atoms with van der Waals surface area (Å²) in [5.74, 6) is 0.729. The molecule has 0 N–H and O–H groups in total. The van der Waals surface area contributed by atoms with Crippen LogP contribution >= 0.6 is 0 Å². The summed E-state index contributed by atoms with van der Waals surface area (Å²) in [6, 6.07) is 18.7. The van der Waals surface area contributed by atoms with E-state index in [4.69, 9.17) is 0 Å². The molecule has 1 fully saturated rings. The van der Waals surface area contributed by atoms with E-state index in [1.54, 1.807) is 4.90 Å². The van der Waals surface area contributed by atoms with Crippen LogP contribution in [0.1, 0.15) is 38.7 Å². The average Bonchev–Trinajstić information content (AvgIpc) is 2.74. The molecular formula is C26H34N2O2. The van der Waals surface area contributed by atoms with Gasteiger partial charge in [-0.1, -0.05) is 68.4 Å². The first kappa shape index (κ1) is 22.1. The third-order valence-electron chi connectivity index (χ3n) is 6.15. The van der Waals surface area contributed by atoms with Crippen LogP contribution in [0.3, 0.4) is 0 Å². The Morgan fingerprint density at radius 2 is 1.57 bits per heavy atom. The molecule has 2 amide bonds. The van der Waals surface area contributed by atoms with Crippen molar-refractivity contribution in [3.05, 3.63) is 60.2 Å². The Bertz CT molecular complexity index is 866. The number of benzene rings is 2. The maximum Gasteiger partial charge on any atom is 0.228 e. The fraction of sp³-hybridized carbons (Fsp3) is 0.462. The molecule has 2 aromatic carbocycles. The van der Waals surface area contributed by atoms with Crippen LogP contribution in [0.15, 0.2) is 54.6 Å². The second-order valence-corrected chi connectivity index (χ2v) is 9.16. The Labute approximate surface area is 180 Å². The zero-order valence-electron chi connectivity index (χ0n) is 18.7. The topological polar surface area (TPSA) is 40.6 Å². The molecule has 1 saturated heterocycles. The molecule has 160 valence electrons. The minimum Gasteiger partial charge on any atom is -0.348 e. The van der Waals surface area contributed by atoms with E-state index in [0.29, 0.717) is 44.7 Å². The predicted molar refractivity (Wildman–Crippen MR) is 122 cm³/mol. The summed E-state index contributed by atoms with van der Waals surface area (Å²) in [5.41, 5.74) is 3.08. The van der Waals surface area contributed by atoms with Gasteiger partial charge in [-0.15, -0.1) is 0 Å². The van der Waals surface area contributed by atoms with Crippen molar-refractivity contribution < 1.29 is 9.59 Å². The highest BCUT2D eigenvalue weighted by molar-refractivity contribution is 5.84. The minimum absolute atomic E-state index is 0.168. The van der Waals surface area contributed by atoms with E-state index in [9.17, 15) is 9.59 Å². The van der Waals surface area contributed by atoms with Gasteiger partial charge in [0, 0.05) is 33.6 Å². The fourth-order valence-corrected chi connectivity index (χ4v) is 4.54. The molecule has 0 atom stereocenters. The molecule has 3 rings (SSSR count). The molecule has 0 spiro atoms. The maximum absolute atomic E-state index is 13.3. The van der Waals surface area contributed by atoms with Crippen LogP contribution in [0.5, 0.6) is 0 Å². The smallest absolute Gasteiger partial charge is 0.228 e. The average molecular weight is 407 g/mol. The Morgan fingerprint density at radius 1 is 0.967 bits per heavy atom. The molecule has 30 heavy (non-hydrogen) atoms. The third-order valence-corrected chi connectivity index (χ3v) is 6.15. The first-order chi connectivity index (χ1) is 14.3. The largest absolute Gasteiger partial charge is 0.348 e. The van der Waals surface area contributed by atoms with E-state index in [1.807, 2.05) is 37.2 Å². The van der Waals surface area contributed by atoms with Crippen molar-refractivity contribution in [2.24, 2.45) is 11.3 Å². The van der Waals surface area contributed by atoms with E-state index in [2.05, 4.69) is 50.2 Å². The Kier molecular flexibility index (Phi) is 6.96. The lowest BCUT2D eigenvalue weighted by atomic mass is 9.71. The molecule has 0 radical (unpaired) electrons. The normalized spacial score (nSPS) is 15.8. The summed E-state index contributed by atoms with van der Waals surface area (Å²) in [6.45, 7) is 5.45. The quantitative estimate of drug-likeness (QED) is 0.701. The highest BCUT2D eigenvalue weighted by atomic mass is 16.2. The van der Waals surface area contributed by atoms with Gasteiger partial charge in [-0.2, -0.15) is 0 Å². The predicted octanol–water partition coefficient (Wildman–Crippen LogP) is 4.64. The van der Waals surface area contributed by atoms with Gasteiger partial charge in [0.1, 0.15) is 0 Å². The van der Waals surface area contributed by atoms with Crippen molar-refractivity contribution in [2.75, 3.05) is 27.2 Å². The van der Waals surface area contributed by atoms with Crippen LogP contribution < -0.4 is 0 Å². The van der Waals surface area contributed by atoms with Crippen molar-refractivity contribution in [1.82, 2.24) is 9.80 Å². The first-order valence-corrected chi connectivity index (χ1v) is 11.0. The number of carbonyl (C=O) groups is 2. The standard InChI is InChI=1S/C26H34N2O2/c1-20(2)18-24(29)28-16-14-26(15-17-28,25(30)27(3)4)19-22-12-8-9-13-23(22)21-10-6-5-7-11-21/h5-13,20H,14-19H2,1-4H3. The second-order valence-electron chi connectivity index (χ2n) is 9.16. The van der Waals surface area contributed by atoms with Gasteiger partial charge < -0.3 is 9.80 Å². The van der Waals surface area contributed by atoms with Gasteiger partial charge in [0.25, 0.3) is 0 Å². The van der Waals surface area contributed by atoms with E-state index < -0.39 is 5.41 Å². The molecule has 0 aromatic heterocycles. The Balaban J connectivity index is 1.87. The van der Waals surface area contributed by atoms with Crippen LogP contribution in [-0.4, -0.2) is 48.8 Å². The molecule has 1 heterocycles. The molecule has 2 aromatic rings. The number of hydrogen-bond acceptors (Lipinski definition) is 2. The number of carbonyl (C=O) groups excluding carboxylic acids is 2. The van der Waals surface area contributed by atoms with Crippen molar-refractivity contribution >= 4 is 11.8 Å². The monoisotopic (exact) mass is 406 g/mol. The lowest BCUT2D eigenvalue weighted by Gasteiger charge is -2.42. The maximum atomic E-state index is 13.3. The van der Waals surface area contributed by atoms with Crippen LogP contribution in [-0.2, 0) is 16.0 Å². The molecule has 0 aliphatic carbocycles. The Hall–Kier alpha value is -2.62. The van der Waals surface area contributed by atoms with Crippen LogP contribution in [0.25, 0.3) is 11.1 Å². The molecule has 0 unspecified atom stereocenters. The number of likely N-dealkylation sites (tertiary alicyclic amines) is 1. The molecule has 1 aliphatic heterocycles. The van der Waals surface area contributed by atoms with Gasteiger partial charge in [-0.05, 0) is 41.9 Å². The number of piperidine rings is 1. The third kappa shape index (κ3) is 4.92. The summed E-state index contributed by atoms with van der Waals surface area (Å²) in [5, 5.41) is 0. The van der Waals surface area contributed by atoms with E-state index >= 15 is 0 Å². The van der Waals surface area contributed by atoms with Gasteiger partial charge in [0.2, 0.25) is 11.8 Å². The zero-order chi connectivity index (χ0) is 21.7. The lowest BCUT2D eigenvalue weighted by molar-refractivity contribution is -0.146. The summed E-state index contributed by atoms with van der Waals surface area (Å²) in [4.78, 5) is 29.6. The highest BCUT2D eigenvalue weighted by Gasteiger charge is 2.43. The molecule has 0 bridgehead atoms. The number of rotatable bonds is 6. The minimum atomic E-state index is -0.469. The number of hydrogen-bond donors (Lipinski definition) is 0. The lowest BCUT2D eigenvalue weighted by Crippen LogP contribution is -2.51. The van der Waals surface area contributed by atoms with E-state index in [0.717, 1.165) is 0 Å². The fourth-order valence-electron chi connectivity index (χ4n) is 4.54. The van der Waals surface area contributed by atoms with Crippen LogP contribution in [0, 0.1) is 11.3 Å². The van der Waals surface area contributed by atoms with Gasteiger partial charge in [0.15, 0.2) is 0 Å². The van der Waals surface area contributed by atoms with Crippen molar-refractivity contribution in [3.8, 4) is 11.1 Å². The molecule has 4 nitrogen and oxygen atoms in total. The van der Waals surface area contributed by atoms with Gasteiger partial charge in [0.05, 0.1) is 5.41 Å². The summed E-state index contributed by atoms with van der Waals surface area (Å²) in [6.07, 6.45) is 2.68. The first-order valence-electron chi connectivity index (χ1n) is 11.0. The van der Waals surface area contributed by atoms with E-state index in [-0.39, 0.29) is 11.8 Å². The van der Waals surface area contributed by atoms with Gasteiger partial charge in [-0.3, -0.25) is 9.59 Å². The van der Waals surface area contributed by atoms with Crippen LogP contribution in [0.2, 0.25) is 0 Å². The second kappa shape index (κ2) is 9.46. The van der Waals surface area contributed by atoms with Gasteiger partial charge >= 0.3 is 0 Å². The summed E-state index contributed by atoms with van der Waals surface area (Å²) in [7, 11) is 3.67. The van der Waals surface area contributed by atoms with Crippen LogP contribution in [0.4, 0.5) is 0 Å². The number of amides is 2. The Morgan fingerprint density at radius 3 is 2.17 bits per heavy atom. The molecular weight excluding hydrogens is 372 g/mol. The molecule has 4 heteroatoms. The van der Waals surface area contributed by atoms with Crippen molar-refractivity contribution in [2.45, 2.75) is 39.5 Å². The van der Waals surface area contributed by atoms with E-state index in [1.165, 1.54) is 16.7 Å². The highest BCUT2D eigenvalue weighted by Crippen LogP contribution is 2.39. The molecule has 1 aliphatic rings. The molecule has 0 saturated carbocycles. The van der Waals surface area contributed by atoms with Crippen molar-refractivity contribution in [3.63, 3.8) is 0 Å².